The number of hydrogen-bond acceptors (Lipinski definition) is 2. The van der Waals surface area contributed by atoms with E-state index in [9.17, 15) is 17.2 Å². The summed E-state index contributed by atoms with van der Waals surface area (Å²) >= 11 is 6.05. The zero-order valence-corrected chi connectivity index (χ0v) is 11.6. The number of alkyl halides is 1. The third-order valence-corrected chi connectivity index (χ3v) is 5.30. The van der Waals surface area contributed by atoms with Crippen LogP contribution in [-0.4, -0.2) is 20.3 Å². The molecule has 1 aromatic rings. The van der Waals surface area contributed by atoms with Crippen molar-refractivity contribution >= 4 is 21.6 Å². The third kappa shape index (κ3) is 3.43. The zero-order valence-electron chi connectivity index (χ0n) is 10.1. The van der Waals surface area contributed by atoms with Gasteiger partial charge in [-0.25, -0.2) is 21.9 Å². The highest BCUT2D eigenvalue weighted by Crippen LogP contribution is 2.29. The van der Waals surface area contributed by atoms with Crippen LogP contribution in [0.2, 0.25) is 0 Å². The molecule has 1 fully saturated rings. The Morgan fingerprint density at radius 2 is 2.00 bits per heavy atom. The van der Waals surface area contributed by atoms with Crippen LogP contribution in [0.25, 0.3) is 0 Å². The van der Waals surface area contributed by atoms with Gasteiger partial charge in [0, 0.05) is 11.9 Å². The van der Waals surface area contributed by atoms with Crippen molar-refractivity contribution in [1.29, 1.82) is 0 Å². The van der Waals surface area contributed by atoms with E-state index in [1.807, 2.05) is 0 Å². The molecule has 1 aliphatic rings. The molecule has 0 heterocycles. The molecule has 0 aromatic heterocycles. The van der Waals surface area contributed by atoms with Crippen LogP contribution in [0.4, 0.5) is 8.78 Å². The van der Waals surface area contributed by atoms with E-state index in [0.29, 0.717) is 6.07 Å². The van der Waals surface area contributed by atoms with E-state index < -0.39 is 21.7 Å². The van der Waals surface area contributed by atoms with E-state index in [0.717, 1.165) is 31.4 Å². The minimum Gasteiger partial charge on any atom is -0.211 e. The summed E-state index contributed by atoms with van der Waals surface area (Å²) in [6, 6.07) is 2.50. The van der Waals surface area contributed by atoms with Gasteiger partial charge in [-0.1, -0.05) is 6.42 Å². The van der Waals surface area contributed by atoms with E-state index in [1.165, 1.54) is 0 Å². The van der Waals surface area contributed by atoms with Gasteiger partial charge < -0.3 is 0 Å². The van der Waals surface area contributed by atoms with Crippen molar-refractivity contribution in [2.24, 2.45) is 5.92 Å². The first kappa shape index (κ1) is 14.7. The van der Waals surface area contributed by atoms with Crippen LogP contribution in [0.5, 0.6) is 0 Å². The van der Waals surface area contributed by atoms with Gasteiger partial charge >= 0.3 is 0 Å². The predicted octanol–water partition coefficient (Wildman–Crippen LogP) is 2.65. The van der Waals surface area contributed by atoms with Crippen molar-refractivity contribution in [3.05, 3.63) is 29.8 Å². The summed E-state index contributed by atoms with van der Waals surface area (Å²) in [5, 5.41) is -0.0346. The number of hydrogen-bond donors (Lipinski definition) is 1. The molecule has 0 bridgehead atoms. The maximum atomic E-state index is 13.0. The molecule has 3 nitrogen and oxygen atoms in total. The zero-order chi connectivity index (χ0) is 14.0. The van der Waals surface area contributed by atoms with E-state index in [2.05, 4.69) is 4.72 Å². The molecule has 0 amide bonds. The molecular formula is C12H14ClF2NO2S. The van der Waals surface area contributed by atoms with E-state index >= 15 is 0 Å². The highest BCUT2D eigenvalue weighted by molar-refractivity contribution is 7.89. The fourth-order valence-corrected chi connectivity index (χ4v) is 3.64. The van der Waals surface area contributed by atoms with Crippen molar-refractivity contribution in [2.75, 3.05) is 6.54 Å². The average molecular weight is 310 g/mol. The monoisotopic (exact) mass is 309 g/mol. The average Bonchev–Trinajstić information content (AvgIpc) is 2.76. The lowest BCUT2D eigenvalue weighted by atomic mass is 10.1. The van der Waals surface area contributed by atoms with Gasteiger partial charge in [0.2, 0.25) is 10.0 Å². The Morgan fingerprint density at radius 3 is 2.58 bits per heavy atom. The van der Waals surface area contributed by atoms with Crippen LogP contribution in [0.3, 0.4) is 0 Å². The van der Waals surface area contributed by atoms with Crippen molar-refractivity contribution in [1.82, 2.24) is 4.72 Å². The van der Waals surface area contributed by atoms with Crippen LogP contribution >= 0.6 is 11.6 Å². The van der Waals surface area contributed by atoms with Gasteiger partial charge in [0.15, 0.2) is 11.6 Å². The molecular weight excluding hydrogens is 296 g/mol. The van der Waals surface area contributed by atoms with Crippen molar-refractivity contribution in [3.63, 3.8) is 0 Å². The van der Waals surface area contributed by atoms with E-state index in [4.69, 9.17) is 11.6 Å². The van der Waals surface area contributed by atoms with Gasteiger partial charge in [-0.3, -0.25) is 0 Å². The normalized spacial score (nSPS) is 23.7. The summed E-state index contributed by atoms with van der Waals surface area (Å²) in [6.45, 7) is 0.218. The minimum atomic E-state index is -3.83. The molecule has 0 aliphatic heterocycles. The van der Waals surface area contributed by atoms with Gasteiger partial charge in [-0.2, -0.15) is 0 Å². The lowest BCUT2D eigenvalue weighted by Gasteiger charge is -2.14. The summed E-state index contributed by atoms with van der Waals surface area (Å²) in [5.41, 5.74) is 0. The highest BCUT2D eigenvalue weighted by Gasteiger charge is 2.27. The quantitative estimate of drug-likeness (QED) is 0.869. The molecule has 106 valence electrons. The smallest absolute Gasteiger partial charge is 0.211 e. The molecule has 0 saturated heterocycles. The summed E-state index contributed by atoms with van der Waals surface area (Å²) in [4.78, 5) is -0.282. The van der Waals surface area contributed by atoms with Gasteiger partial charge in [-0.15, -0.1) is 11.6 Å². The first-order valence-corrected chi connectivity index (χ1v) is 7.91. The Labute approximate surface area is 116 Å². The first-order chi connectivity index (χ1) is 8.90. The second-order valence-electron chi connectivity index (χ2n) is 4.63. The number of halogens is 3. The Balaban J connectivity index is 2.07. The lowest BCUT2D eigenvalue weighted by molar-refractivity contribution is 0.502. The number of nitrogens with one attached hydrogen (secondary N) is 1. The van der Waals surface area contributed by atoms with Gasteiger partial charge in [0.1, 0.15) is 0 Å². The Morgan fingerprint density at radius 1 is 1.26 bits per heavy atom. The molecule has 2 rings (SSSR count). The number of benzene rings is 1. The largest absolute Gasteiger partial charge is 0.240 e. The second-order valence-corrected chi connectivity index (χ2v) is 6.96. The van der Waals surface area contributed by atoms with Crippen LogP contribution in [0.1, 0.15) is 19.3 Å². The molecule has 0 radical (unpaired) electrons. The van der Waals surface area contributed by atoms with Crippen LogP contribution in [0.15, 0.2) is 23.1 Å². The van der Waals surface area contributed by atoms with Crippen molar-refractivity contribution in [3.8, 4) is 0 Å². The molecule has 2 atom stereocenters. The highest BCUT2D eigenvalue weighted by atomic mass is 35.5. The maximum absolute atomic E-state index is 13.0. The topological polar surface area (TPSA) is 46.2 Å². The molecule has 19 heavy (non-hydrogen) atoms. The lowest BCUT2D eigenvalue weighted by Crippen LogP contribution is -2.31. The first-order valence-electron chi connectivity index (χ1n) is 5.99. The Bertz CT molecular complexity index is 565. The number of sulfonamides is 1. The van der Waals surface area contributed by atoms with Crippen LogP contribution in [0, 0.1) is 17.6 Å². The molecule has 0 spiro atoms. The molecule has 1 saturated carbocycles. The summed E-state index contributed by atoms with van der Waals surface area (Å²) in [5.74, 6) is -2.17. The maximum Gasteiger partial charge on any atom is 0.240 e. The molecule has 1 aliphatic carbocycles. The Kier molecular flexibility index (Phi) is 4.43. The molecule has 2 unspecified atom stereocenters. The SMILES string of the molecule is O=S(=O)(NCC1CCCC1Cl)c1ccc(F)c(F)c1. The van der Waals surface area contributed by atoms with Gasteiger partial charge in [-0.05, 0) is 37.0 Å². The van der Waals surface area contributed by atoms with Crippen LogP contribution < -0.4 is 4.72 Å². The van der Waals surface area contributed by atoms with Crippen molar-refractivity contribution < 1.29 is 17.2 Å². The van der Waals surface area contributed by atoms with Crippen molar-refractivity contribution in [2.45, 2.75) is 29.5 Å². The third-order valence-electron chi connectivity index (χ3n) is 3.30. The van der Waals surface area contributed by atoms with E-state index in [1.54, 1.807) is 0 Å². The van der Waals surface area contributed by atoms with Gasteiger partial charge in [0.25, 0.3) is 0 Å². The van der Waals surface area contributed by atoms with Crippen LogP contribution in [-0.2, 0) is 10.0 Å². The molecule has 1 aromatic carbocycles. The molecule has 1 N–H and O–H groups in total. The standard InChI is InChI=1S/C12H14ClF2NO2S/c13-10-3-1-2-8(10)7-16-19(17,18)9-4-5-11(14)12(15)6-9/h4-6,8,10,16H,1-3,7H2. The fourth-order valence-electron chi connectivity index (χ4n) is 2.17. The minimum absolute atomic E-state index is 0.0346. The fraction of sp³-hybridized carbons (Fsp3) is 0.500. The Hall–Kier alpha value is -0.720. The molecule has 7 heteroatoms. The summed E-state index contributed by atoms with van der Waals surface area (Å²) < 4.78 is 52.0. The summed E-state index contributed by atoms with van der Waals surface area (Å²) in [6.07, 6.45) is 2.72. The summed E-state index contributed by atoms with van der Waals surface area (Å²) in [7, 11) is -3.83. The van der Waals surface area contributed by atoms with E-state index in [-0.39, 0.29) is 22.7 Å². The van der Waals surface area contributed by atoms with Gasteiger partial charge in [0.05, 0.1) is 4.90 Å². The number of rotatable bonds is 4. The predicted molar refractivity (Wildman–Crippen MR) is 68.5 cm³/mol. The second kappa shape index (κ2) is 5.73.